The lowest BCUT2D eigenvalue weighted by molar-refractivity contribution is -0.486. The number of hydrogen-bond acceptors (Lipinski definition) is 34. The van der Waals surface area contributed by atoms with Gasteiger partial charge in [0, 0.05) is 183 Å². The van der Waals surface area contributed by atoms with Gasteiger partial charge in [0.15, 0.2) is 42.1 Å². The Bertz CT molecular complexity index is 5520. The van der Waals surface area contributed by atoms with Crippen molar-refractivity contribution in [1.82, 2.24) is 120 Å². The van der Waals surface area contributed by atoms with Gasteiger partial charge in [-0.2, -0.15) is 10.3 Å². The standard InChI is InChI=1S/C11H15ClN6O2.C11H13ClN4O2.C11H15ClN4O2.C10H14ClN5O2.C10H11ClN4O2.C10H11ClN4.C9H10ClN5O3.C7H8ClN5O3S/c1-15-7-16(2)11(14-18(19)20)17(8-15)6-9-3-4-10(12)13-5-9;12-10-3-2-9(6-14-10)7-15-5-1-4-13-11(15)8-16(17)18;1-14(2)11(8-16(17)18)15(3)7-9-4-5-10(12)13-6-9;1-14(2)10(13-16(17)18)15(3)7-8-4-5-9(11)12-6-8;11-9-2-1-8(5-13-9)6-14-4-3-12-10(14)7-15(16)17;1-8(14-7-12)15(2)6-9-3-4-10(11)13-5-9;10-8-2-1-7(3-11-8)4-14-6-18-5-12-9(14)13-15(16)17;8-6-9-1-5(17-6)2-12-4-16-3-10-7(12)11-13(14)15/h3-5H,6-8H2,1-2H3;2-3,6,8,13H,1,4-5,7H2;4-6,8H,7H2,1-3H3;4-6H,7H2,1-3H3;1-2,5,7,12H,3-4,6H2;3-5H,6H2,1-2H3;1-3H,4-6H2,(H,12,13);1H,2-4H2,(H,10,11)/b14-11+;2*11-8+;13-10+;10-7+;;;. The maximum absolute atomic E-state index is 10.7. The highest BCUT2D eigenvalue weighted by Crippen LogP contribution is 2.23. The number of amidine groups is 1. The fraction of sp³-hybridized carbons (Fsp3) is 0.367. The van der Waals surface area contributed by atoms with Gasteiger partial charge in [-0.1, -0.05) is 135 Å². The third-order valence-electron chi connectivity index (χ3n) is 18.4. The summed E-state index contributed by atoms with van der Waals surface area (Å²) in [5, 5.41) is 107. The van der Waals surface area contributed by atoms with E-state index in [4.69, 9.17) is 108 Å². The molecule has 141 heavy (non-hydrogen) atoms. The quantitative estimate of drug-likeness (QED) is 0.0103. The number of hydrazone groups is 4. The summed E-state index contributed by atoms with van der Waals surface area (Å²) >= 11 is 46.9. The monoisotopic (exact) mass is 2130 g/mol. The minimum Gasteiger partial charge on any atom is -0.367 e. The van der Waals surface area contributed by atoms with Gasteiger partial charge >= 0.3 is 0 Å². The first kappa shape index (κ1) is 115. The number of halogens is 8. The molecule has 5 fully saturated rings. The van der Waals surface area contributed by atoms with Crippen molar-refractivity contribution in [2.24, 2.45) is 25.4 Å². The van der Waals surface area contributed by atoms with Crippen LogP contribution in [0.5, 0.6) is 0 Å². The number of hydrogen-bond donors (Lipinski definition) is 4. The van der Waals surface area contributed by atoms with Crippen LogP contribution in [0.1, 0.15) is 57.2 Å². The molecule has 13 rings (SSSR count). The molecule has 0 saturated carbocycles. The summed E-state index contributed by atoms with van der Waals surface area (Å²) in [6.07, 6.45) is 18.9. The molecule has 4 N–H and O–H groups in total. The molecule has 5 aliphatic heterocycles. The van der Waals surface area contributed by atoms with Crippen molar-refractivity contribution >= 4 is 134 Å². The fourth-order valence-electron chi connectivity index (χ4n) is 12.3. The Hall–Kier alpha value is -14.3. The number of ether oxygens (including phenoxy) is 2. The van der Waals surface area contributed by atoms with Gasteiger partial charge in [0.25, 0.3) is 42.4 Å². The van der Waals surface area contributed by atoms with Gasteiger partial charge in [-0.05, 0) is 102 Å². The number of nitro groups is 7. The van der Waals surface area contributed by atoms with Gasteiger partial charge in [-0.3, -0.25) is 35.2 Å². The molecule has 8 aromatic heterocycles. The molecule has 0 aliphatic carbocycles. The van der Waals surface area contributed by atoms with Crippen LogP contribution < -0.4 is 21.3 Å². The third kappa shape index (κ3) is 45.0. The first-order valence-electron chi connectivity index (χ1n) is 41.0. The molecule has 0 radical (unpaired) electrons. The van der Waals surface area contributed by atoms with Crippen LogP contribution in [0.15, 0.2) is 196 Å². The van der Waals surface area contributed by atoms with E-state index in [-0.39, 0.29) is 44.8 Å². The van der Waals surface area contributed by atoms with Crippen LogP contribution in [-0.4, -0.2) is 293 Å². The van der Waals surface area contributed by atoms with E-state index in [1.54, 1.807) is 195 Å². The van der Waals surface area contributed by atoms with Gasteiger partial charge in [0.05, 0.1) is 34.7 Å². The summed E-state index contributed by atoms with van der Waals surface area (Å²) in [5.74, 6) is 3.19. The Labute approximate surface area is 850 Å². The summed E-state index contributed by atoms with van der Waals surface area (Å²) in [6, 6.07) is 24.8. The number of pyridine rings is 7. The molecule has 0 atom stereocenters. The predicted octanol–water partition coefficient (Wildman–Crippen LogP) is 10.1. The molecule has 5 saturated heterocycles. The van der Waals surface area contributed by atoms with Crippen LogP contribution in [0.2, 0.25) is 40.5 Å². The summed E-state index contributed by atoms with van der Waals surface area (Å²) in [4.78, 5) is 129. The second-order valence-corrected chi connectivity index (χ2v) is 34.3. The van der Waals surface area contributed by atoms with E-state index >= 15 is 0 Å². The van der Waals surface area contributed by atoms with Gasteiger partial charge in [0.2, 0.25) is 6.19 Å². The van der Waals surface area contributed by atoms with Crippen LogP contribution in [0, 0.1) is 82.3 Å². The lowest BCUT2D eigenvalue weighted by atomic mass is 10.2. The topological polar surface area (TPSA) is 596 Å². The van der Waals surface area contributed by atoms with Crippen molar-refractivity contribution in [2.45, 2.75) is 65.7 Å². The Morgan fingerprint density at radius 2 is 0.837 bits per heavy atom. The number of rotatable bonds is 25. The van der Waals surface area contributed by atoms with Crippen LogP contribution in [0.25, 0.3) is 0 Å². The van der Waals surface area contributed by atoms with Gasteiger partial charge in [-0.25, -0.2) is 80.3 Å². The normalized spacial score (nSPS) is 15.4. The lowest BCUT2D eigenvalue weighted by Crippen LogP contribution is -2.56. The maximum atomic E-state index is 10.7. The molecule has 0 spiro atoms. The average molecular weight is 2140 g/mol. The summed E-state index contributed by atoms with van der Waals surface area (Å²) in [6.45, 7) is 10.8. The molecule has 5 aliphatic rings. The molecule has 0 bridgehead atoms. The molecule has 0 aromatic carbocycles. The van der Waals surface area contributed by atoms with Gasteiger partial charge in [-0.15, -0.1) is 11.3 Å². The van der Waals surface area contributed by atoms with E-state index < -0.39 is 34.9 Å². The van der Waals surface area contributed by atoms with E-state index in [9.17, 15) is 70.8 Å². The van der Waals surface area contributed by atoms with E-state index in [0.717, 1.165) is 88.5 Å². The minimum absolute atomic E-state index is 0.168. The SMILES string of the molecule is CC(=NC#N)N(C)Cc1ccc(Cl)nc1.CN(C)/C(=C\[N+](=O)[O-])N(C)Cc1ccc(Cl)nc1.CN(C)/C(=N\[N+](=O)[O-])N(C)Cc1ccc(Cl)nc1.CN1CN(C)/C(=N\[N+](=O)[O-])N(Cc2ccc(Cl)nc2)C1.O=[N+]([O-])/C=C1\NCCCN1Cc1ccc(Cl)nc1.O=[N+]([O-])/C=C1\NCCN1Cc1ccc(Cl)nc1.O=[N+]([O-])/N=C1\NCOCN1Cc1ccc(Cl)nc1.O=[N+]([O-])/N=C1\NCOCN1Cc1cnc(Cl)s1. The van der Waals surface area contributed by atoms with Crippen molar-refractivity contribution in [3.63, 3.8) is 0 Å². The van der Waals surface area contributed by atoms with E-state index in [0.29, 0.717) is 142 Å². The maximum Gasteiger partial charge on any atom is 0.276 e. The fourth-order valence-corrected chi connectivity index (χ4v) is 14.1. The Morgan fingerprint density at radius 3 is 1.20 bits per heavy atom. The van der Waals surface area contributed by atoms with Gasteiger partial charge < -0.3 is 84.6 Å². The second-order valence-electron chi connectivity index (χ2n) is 29.9. The molecule has 53 nitrogen and oxygen atoms in total. The molecule has 13 heterocycles. The molecule has 0 unspecified atom stereocenters. The Morgan fingerprint density at radius 1 is 0.454 bits per heavy atom. The van der Waals surface area contributed by atoms with Crippen LogP contribution in [0.3, 0.4) is 0 Å². The highest BCUT2D eigenvalue weighted by molar-refractivity contribution is 7.15. The summed E-state index contributed by atoms with van der Waals surface area (Å²) in [5.41, 5.74) is 6.54. The van der Waals surface area contributed by atoms with E-state index in [2.05, 4.69) is 86.5 Å². The molecule has 0 amide bonds. The van der Waals surface area contributed by atoms with E-state index in [1.165, 1.54) is 11.3 Å². The first-order chi connectivity index (χ1) is 67.0. The molecule has 8 aromatic rings. The zero-order valence-electron chi connectivity index (χ0n) is 77.1. The molecular formula is C79H97Cl8N37O16S. The molecule has 62 heteroatoms. The number of nitriles is 1. The number of aromatic nitrogens is 8. The number of nitrogens with zero attached hydrogens (tertiary/aromatic N) is 33. The summed E-state index contributed by atoms with van der Waals surface area (Å²) in [7, 11) is 16.0. The minimum atomic E-state index is -0.750. The predicted molar refractivity (Wildman–Crippen MR) is 527 cm³/mol. The van der Waals surface area contributed by atoms with Crippen LogP contribution in [0.4, 0.5) is 0 Å². The molecule has 756 valence electrons. The van der Waals surface area contributed by atoms with Crippen molar-refractivity contribution in [1.29, 1.82) is 5.26 Å². The summed E-state index contributed by atoms with van der Waals surface area (Å²) < 4.78 is 10.7. The van der Waals surface area contributed by atoms with Crippen molar-refractivity contribution < 1.29 is 44.4 Å². The highest BCUT2D eigenvalue weighted by Gasteiger charge is 2.29. The third-order valence-corrected chi connectivity index (χ3v) is 21.1. The van der Waals surface area contributed by atoms with Crippen molar-refractivity contribution in [3.8, 4) is 6.19 Å². The zero-order chi connectivity index (χ0) is 104. The molecular weight excluding hydrogens is 2040 g/mol. The van der Waals surface area contributed by atoms with Crippen LogP contribution >= 0.6 is 104 Å². The first-order valence-corrected chi connectivity index (χ1v) is 44.8. The number of aliphatic imine (C=N–C) groups is 1. The highest BCUT2D eigenvalue weighted by atomic mass is 35.5. The van der Waals surface area contributed by atoms with Crippen molar-refractivity contribution in [3.05, 3.63) is 326 Å². The number of guanidine groups is 4. The number of nitrogens with one attached hydrogen (secondary N) is 4. The Balaban J connectivity index is 0.000000247. The second kappa shape index (κ2) is 60.6. The Kier molecular flexibility index (Phi) is 49.6. The zero-order valence-corrected chi connectivity index (χ0v) is 84.0. The van der Waals surface area contributed by atoms with Crippen LogP contribution in [-0.2, 0) is 61.8 Å². The van der Waals surface area contributed by atoms with Gasteiger partial charge in [0.1, 0.15) is 89.2 Å². The lowest BCUT2D eigenvalue weighted by Gasteiger charge is -2.40. The largest absolute Gasteiger partial charge is 0.367 e. The number of thiazole rings is 1. The van der Waals surface area contributed by atoms with E-state index in [1.807, 2.05) is 75.0 Å². The average Bonchev–Trinajstić information content (AvgIpc) is 1.81. The smallest absolute Gasteiger partial charge is 0.276 e. The van der Waals surface area contributed by atoms with Crippen molar-refractivity contribution in [2.75, 3.05) is 130 Å².